The lowest BCUT2D eigenvalue weighted by molar-refractivity contribution is 0.0572. The molecule has 1 unspecified atom stereocenters. The van der Waals surface area contributed by atoms with E-state index in [4.69, 9.17) is 0 Å². The van der Waals surface area contributed by atoms with Crippen LogP contribution < -0.4 is 0 Å². The summed E-state index contributed by atoms with van der Waals surface area (Å²) in [5, 5.41) is 10.5. The van der Waals surface area contributed by atoms with Gasteiger partial charge in [0.15, 0.2) is 0 Å². The number of aromatic nitrogens is 1. The van der Waals surface area contributed by atoms with Crippen LogP contribution in [0.3, 0.4) is 0 Å². The van der Waals surface area contributed by atoms with Gasteiger partial charge in [-0.15, -0.1) is 0 Å². The van der Waals surface area contributed by atoms with Gasteiger partial charge in [-0.3, -0.25) is 4.98 Å². The largest absolute Gasteiger partial charge is 0.385 e. The van der Waals surface area contributed by atoms with Crippen LogP contribution >= 0.6 is 0 Å². The van der Waals surface area contributed by atoms with Crippen molar-refractivity contribution in [3.63, 3.8) is 0 Å². The minimum atomic E-state index is -1.00. The lowest BCUT2D eigenvalue weighted by Crippen LogP contribution is -2.24. The van der Waals surface area contributed by atoms with E-state index in [0.29, 0.717) is 6.42 Å². The Labute approximate surface area is 106 Å². The summed E-state index contributed by atoms with van der Waals surface area (Å²) in [7, 11) is 0. The molecule has 0 fully saturated rings. The van der Waals surface area contributed by atoms with Crippen molar-refractivity contribution in [2.45, 2.75) is 25.9 Å². The van der Waals surface area contributed by atoms with E-state index in [1.54, 1.807) is 31.5 Å². The van der Waals surface area contributed by atoms with E-state index in [2.05, 4.69) is 4.98 Å². The van der Waals surface area contributed by atoms with Gasteiger partial charge >= 0.3 is 0 Å². The monoisotopic (exact) mass is 245 g/mol. The van der Waals surface area contributed by atoms with Gasteiger partial charge in [0.2, 0.25) is 0 Å². The van der Waals surface area contributed by atoms with Gasteiger partial charge in [-0.2, -0.15) is 0 Å². The Balaban J connectivity index is 2.23. The van der Waals surface area contributed by atoms with E-state index in [-0.39, 0.29) is 5.82 Å². The van der Waals surface area contributed by atoms with E-state index >= 15 is 0 Å². The number of aliphatic hydroxyl groups is 1. The number of pyridine rings is 1. The van der Waals surface area contributed by atoms with Crippen molar-refractivity contribution in [3.8, 4) is 0 Å². The van der Waals surface area contributed by atoms with Crippen LogP contribution in [0, 0.1) is 12.7 Å². The molecule has 0 spiro atoms. The average Bonchev–Trinajstić information content (AvgIpc) is 2.32. The molecule has 1 aromatic heterocycles. The fraction of sp³-hybridized carbons (Fsp3) is 0.267. The summed E-state index contributed by atoms with van der Waals surface area (Å²) < 4.78 is 12.8. The van der Waals surface area contributed by atoms with Crippen molar-refractivity contribution in [2.24, 2.45) is 0 Å². The van der Waals surface area contributed by atoms with Gasteiger partial charge in [0, 0.05) is 24.4 Å². The van der Waals surface area contributed by atoms with Crippen LogP contribution in [0.15, 0.2) is 42.7 Å². The van der Waals surface area contributed by atoms with Gasteiger partial charge in [-0.25, -0.2) is 4.39 Å². The second-order valence-electron chi connectivity index (χ2n) is 4.83. The molecule has 2 nitrogen and oxygen atoms in total. The zero-order valence-corrected chi connectivity index (χ0v) is 10.5. The third-order valence-corrected chi connectivity index (χ3v) is 2.96. The molecule has 2 aromatic rings. The Morgan fingerprint density at radius 2 is 1.89 bits per heavy atom. The van der Waals surface area contributed by atoms with Crippen molar-refractivity contribution < 1.29 is 9.50 Å². The molecule has 0 aliphatic heterocycles. The van der Waals surface area contributed by atoms with Crippen LogP contribution in [0.25, 0.3) is 0 Å². The molecule has 3 heteroatoms. The molecule has 1 atom stereocenters. The highest BCUT2D eigenvalue weighted by atomic mass is 19.1. The molecule has 18 heavy (non-hydrogen) atoms. The zero-order chi connectivity index (χ0) is 13.2. The molecule has 0 radical (unpaired) electrons. The first-order valence-corrected chi connectivity index (χ1v) is 5.86. The summed E-state index contributed by atoms with van der Waals surface area (Å²) in [5.74, 6) is -0.268. The first kappa shape index (κ1) is 12.7. The van der Waals surface area contributed by atoms with Crippen molar-refractivity contribution in [3.05, 3.63) is 65.2 Å². The van der Waals surface area contributed by atoms with Crippen molar-refractivity contribution in [2.75, 3.05) is 0 Å². The van der Waals surface area contributed by atoms with Gasteiger partial charge in [-0.05, 0) is 37.1 Å². The highest BCUT2D eigenvalue weighted by Crippen LogP contribution is 2.25. The molecule has 0 aliphatic carbocycles. The fourth-order valence-corrected chi connectivity index (χ4v) is 1.95. The maximum atomic E-state index is 12.8. The number of nitrogens with zero attached hydrogens (tertiary/aromatic N) is 1. The predicted octanol–water partition coefficient (Wildman–Crippen LogP) is 2.98. The first-order chi connectivity index (χ1) is 8.47. The van der Waals surface area contributed by atoms with Gasteiger partial charge in [0.25, 0.3) is 0 Å². The van der Waals surface area contributed by atoms with E-state index in [1.807, 2.05) is 13.0 Å². The van der Waals surface area contributed by atoms with E-state index in [0.717, 1.165) is 16.7 Å². The van der Waals surface area contributed by atoms with Crippen LogP contribution in [-0.2, 0) is 12.0 Å². The lowest BCUT2D eigenvalue weighted by Gasteiger charge is -2.24. The first-order valence-electron chi connectivity index (χ1n) is 5.86. The third-order valence-electron chi connectivity index (χ3n) is 2.96. The molecule has 0 saturated carbocycles. The highest BCUT2D eigenvalue weighted by molar-refractivity contribution is 5.26. The minimum absolute atomic E-state index is 0.268. The molecule has 1 heterocycles. The summed E-state index contributed by atoms with van der Waals surface area (Å²) in [4.78, 5) is 4.09. The maximum Gasteiger partial charge on any atom is 0.123 e. The topological polar surface area (TPSA) is 33.1 Å². The summed E-state index contributed by atoms with van der Waals surface area (Å²) in [6, 6.07) is 8.09. The minimum Gasteiger partial charge on any atom is -0.385 e. The Hall–Kier alpha value is -1.74. The second-order valence-corrected chi connectivity index (χ2v) is 4.83. The highest BCUT2D eigenvalue weighted by Gasteiger charge is 2.24. The molecule has 1 aromatic carbocycles. The maximum absolute atomic E-state index is 12.8. The number of halogens is 1. The van der Waals surface area contributed by atoms with Crippen molar-refractivity contribution in [1.29, 1.82) is 0 Å². The second kappa shape index (κ2) is 4.86. The number of aryl methyl sites for hydroxylation is 1. The molecule has 0 amide bonds. The fourth-order valence-electron chi connectivity index (χ4n) is 1.95. The van der Waals surface area contributed by atoms with Crippen LogP contribution in [0.4, 0.5) is 4.39 Å². The number of hydrogen-bond acceptors (Lipinski definition) is 2. The molecule has 0 saturated heterocycles. The molecule has 2 rings (SSSR count). The molecular weight excluding hydrogens is 229 g/mol. The number of hydrogen-bond donors (Lipinski definition) is 1. The summed E-state index contributed by atoms with van der Waals surface area (Å²) in [5.41, 5.74) is 1.67. The molecular formula is C15H16FNO. The van der Waals surface area contributed by atoms with Crippen molar-refractivity contribution in [1.82, 2.24) is 4.98 Å². The van der Waals surface area contributed by atoms with Gasteiger partial charge in [-0.1, -0.05) is 18.2 Å². The van der Waals surface area contributed by atoms with E-state index in [9.17, 15) is 9.50 Å². The average molecular weight is 245 g/mol. The number of benzene rings is 1. The standard InChI is InChI=1S/C15H16FNO/c1-11-7-13(10-17-9-11)15(2,18)8-12-3-5-14(16)6-4-12/h3-7,9-10,18H,8H2,1-2H3. The zero-order valence-electron chi connectivity index (χ0n) is 10.5. The van der Waals surface area contributed by atoms with Gasteiger partial charge in [0.05, 0.1) is 5.60 Å². The third kappa shape index (κ3) is 2.93. The SMILES string of the molecule is Cc1cncc(C(C)(O)Cc2ccc(F)cc2)c1. The van der Waals surface area contributed by atoms with Gasteiger partial charge < -0.3 is 5.11 Å². The van der Waals surface area contributed by atoms with Crippen LogP contribution in [0.1, 0.15) is 23.6 Å². The Morgan fingerprint density at radius 1 is 1.22 bits per heavy atom. The predicted molar refractivity (Wildman–Crippen MR) is 68.6 cm³/mol. The molecule has 94 valence electrons. The summed E-state index contributed by atoms with van der Waals surface area (Å²) in [6.07, 6.45) is 3.84. The van der Waals surface area contributed by atoms with Crippen LogP contribution in [0.2, 0.25) is 0 Å². The number of rotatable bonds is 3. The van der Waals surface area contributed by atoms with Crippen LogP contribution in [-0.4, -0.2) is 10.1 Å². The van der Waals surface area contributed by atoms with E-state index in [1.165, 1.54) is 12.1 Å². The smallest absolute Gasteiger partial charge is 0.123 e. The normalized spacial score (nSPS) is 14.2. The van der Waals surface area contributed by atoms with E-state index < -0.39 is 5.60 Å². The van der Waals surface area contributed by atoms with Crippen LogP contribution in [0.5, 0.6) is 0 Å². The van der Waals surface area contributed by atoms with Crippen molar-refractivity contribution >= 4 is 0 Å². The molecule has 1 N–H and O–H groups in total. The quantitative estimate of drug-likeness (QED) is 0.901. The Morgan fingerprint density at radius 3 is 2.50 bits per heavy atom. The Bertz CT molecular complexity index is 534. The molecule has 0 aliphatic rings. The Kier molecular flexibility index (Phi) is 3.43. The summed E-state index contributed by atoms with van der Waals surface area (Å²) in [6.45, 7) is 3.68. The summed E-state index contributed by atoms with van der Waals surface area (Å²) >= 11 is 0. The van der Waals surface area contributed by atoms with Gasteiger partial charge in [0.1, 0.15) is 5.82 Å². The lowest BCUT2D eigenvalue weighted by atomic mass is 9.89. The molecule has 0 bridgehead atoms.